The summed E-state index contributed by atoms with van der Waals surface area (Å²) in [5.41, 5.74) is -0.881. The Morgan fingerprint density at radius 1 is 0.703 bits per heavy atom. The molecule has 0 aromatic heterocycles. The zero-order valence-corrected chi connectivity index (χ0v) is 42.1. The molecular weight excluding hydrogens is 887 g/mol. The summed E-state index contributed by atoms with van der Waals surface area (Å²) >= 11 is 0. The Kier molecular flexibility index (Phi) is 21.9. The van der Waals surface area contributed by atoms with E-state index in [0.29, 0.717) is 28.8 Å². The van der Waals surface area contributed by atoms with Gasteiger partial charge in [0.05, 0.1) is 26.7 Å². The number of anilines is 1. The molecule has 64 heavy (non-hydrogen) atoms. The van der Waals surface area contributed by atoms with Gasteiger partial charge in [-0.3, -0.25) is 9.59 Å². The van der Waals surface area contributed by atoms with Crippen LogP contribution in [0.15, 0.2) is 92.8 Å². The van der Waals surface area contributed by atoms with Crippen LogP contribution >= 0.6 is 0 Å². The van der Waals surface area contributed by atoms with Crippen molar-refractivity contribution in [3.05, 3.63) is 78.4 Å². The second-order valence-corrected chi connectivity index (χ2v) is 17.3. The van der Waals surface area contributed by atoms with Crippen LogP contribution in [0.4, 0.5) is 17.1 Å². The van der Waals surface area contributed by atoms with E-state index in [1.54, 1.807) is 24.3 Å². The number of carbonyl (C=O) groups excluding carboxylic acids is 2. The first-order valence-corrected chi connectivity index (χ1v) is 23.3. The number of benzene rings is 5. The van der Waals surface area contributed by atoms with Crippen molar-refractivity contribution >= 4 is 70.7 Å². The molecule has 5 aromatic carbocycles. The Morgan fingerprint density at radius 2 is 1.31 bits per heavy atom. The Hall–Kier alpha value is -3.82. The number of nitrogens with one attached hydrogen (secondary N) is 2. The van der Waals surface area contributed by atoms with Gasteiger partial charge in [0.25, 0.3) is 5.91 Å². The van der Waals surface area contributed by atoms with E-state index >= 15 is 0 Å². The number of carbonyl (C=O) groups is 2. The van der Waals surface area contributed by atoms with Gasteiger partial charge in [0.15, 0.2) is 5.75 Å². The van der Waals surface area contributed by atoms with Crippen LogP contribution in [0.2, 0.25) is 0 Å². The predicted octanol–water partition coefficient (Wildman–Crippen LogP) is 3.09. The number of phenols is 2. The van der Waals surface area contributed by atoms with Gasteiger partial charge in [-0.15, -0.1) is 5.11 Å². The van der Waals surface area contributed by atoms with Gasteiger partial charge in [0.1, 0.15) is 56.4 Å². The van der Waals surface area contributed by atoms with Crippen LogP contribution < -0.4 is 79.2 Å². The quantitative estimate of drug-likeness (QED) is 0.0319. The minimum absolute atomic E-state index is 0. The molecule has 332 valence electrons. The molecule has 4 N–H and O–H groups in total. The van der Waals surface area contributed by atoms with Crippen LogP contribution in [0, 0.1) is 0 Å². The Labute approximate surface area is 417 Å². The van der Waals surface area contributed by atoms with Gasteiger partial charge in [-0.25, -0.2) is 16.8 Å². The van der Waals surface area contributed by atoms with Crippen LogP contribution in [0.3, 0.4) is 0 Å². The number of hydrogen-bond acceptors (Lipinski definition) is 14. The molecule has 0 bridgehead atoms. The first kappa shape index (κ1) is 54.5. The van der Waals surface area contributed by atoms with Crippen molar-refractivity contribution in [2.75, 3.05) is 25.1 Å². The fraction of sp³-hybridized carbons (Fsp3) is 0.364. The summed E-state index contributed by atoms with van der Waals surface area (Å²) in [7, 11) is -10.5. The molecule has 0 fully saturated rings. The Balaban J connectivity index is 0.00000544. The van der Waals surface area contributed by atoms with Gasteiger partial charge in [0.2, 0.25) is 5.91 Å². The molecule has 0 aliphatic heterocycles. The maximum absolute atomic E-state index is 13.2. The van der Waals surface area contributed by atoms with Crippen LogP contribution in [-0.4, -0.2) is 67.7 Å². The van der Waals surface area contributed by atoms with E-state index in [-0.39, 0.29) is 112 Å². The van der Waals surface area contributed by atoms with Crippen LogP contribution in [0.5, 0.6) is 23.0 Å². The molecule has 0 aliphatic carbocycles. The summed E-state index contributed by atoms with van der Waals surface area (Å²) in [5.74, 6) is -1.32. The van der Waals surface area contributed by atoms with Gasteiger partial charge in [-0.2, -0.15) is 5.11 Å². The van der Waals surface area contributed by atoms with E-state index in [1.165, 1.54) is 82.2 Å². The normalized spacial score (nSPS) is 11.6. The molecule has 0 heterocycles. The molecule has 20 heteroatoms. The smallest absolute Gasteiger partial charge is 0.744 e. The van der Waals surface area contributed by atoms with E-state index in [9.17, 15) is 45.7 Å². The third-order valence-corrected chi connectivity index (χ3v) is 11.7. The van der Waals surface area contributed by atoms with Crippen molar-refractivity contribution in [2.45, 2.75) is 94.3 Å². The molecule has 5 rings (SSSR count). The van der Waals surface area contributed by atoms with Crippen molar-refractivity contribution in [1.82, 2.24) is 5.32 Å². The maximum Gasteiger partial charge on any atom is 1.00 e. The minimum atomic E-state index is -5.36. The zero-order chi connectivity index (χ0) is 44.9. The summed E-state index contributed by atoms with van der Waals surface area (Å²) in [6.45, 7) is 4.33. The van der Waals surface area contributed by atoms with Gasteiger partial charge < -0.3 is 39.4 Å². The third kappa shape index (κ3) is 15.1. The average Bonchev–Trinajstić information content (AvgIpc) is 3.24. The number of amides is 2. The zero-order valence-electron chi connectivity index (χ0n) is 36.5. The van der Waals surface area contributed by atoms with Crippen LogP contribution in [-0.2, 0) is 25.0 Å². The molecule has 2 amide bonds. The number of azo groups is 1. The van der Waals surface area contributed by atoms with Crippen molar-refractivity contribution in [3.63, 3.8) is 0 Å². The van der Waals surface area contributed by atoms with Crippen molar-refractivity contribution in [1.29, 1.82) is 0 Å². The minimum Gasteiger partial charge on any atom is -0.744 e. The van der Waals surface area contributed by atoms with E-state index in [0.717, 1.165) is 37.5 Å². The van der Waals surface area contributed by atoms with Gasteiger partial charge in [-0.05, 0) is 60.3 Å². The number of unbranched alkanes of at least 4 members (excludes halogenated alkanes) is 9. The van der Waals surface area contributed by atoms with E-state index in [2.05, 4.69) is 27.8 Å². The fourth-order valence-corrected chi connectivity index (χ4v) is 7.96. The molecule has 0 aliphatic rings. The standard InChI is InChI=1S/C44H52N4O12S2.2Na/c1-3-5-6-7-8-9-10-11-12-15-22-45-44(52)35-28-37(33-16-13-14-17-34(33)42(35)50)60-24-23-59-31-20-18-30(19-21-31)47-48-41-38(62(56,57)58)26-29-25-32(61(53,54)55)27-36(40(29)43(41)51)46-39(49)4-2;;/h13-14,16-21,25-28,50-51H,3-12,15,22-24H2,1-2H3,(H,45,52)(H,46,49)(H,53,54,55)(H,56,57,58);;/q;2*+1/p-2. The van der Waals surface area contributed by atoms with Crippen molar-refractivity contribution < 1.29 is 114 Å². The summed E-state index contributed by atoms with van der Waals surface area (Å²) in [6, 6.07) is 16.8. The number of fused-ring (bicyclic) bond motifs is 2. The van der Waals surface area contributed by atoms with Crippen LogP contribution in [0.1, 0.15) is 94.8 Å². The predicted molar refractivity (Wildman–Crippen MR) is 232 cm³/mol. The fourth-order valence-electron chi connectivity index (χ4n) is 6.79. The third-order valence-electron chi connectivity index (χ3n) is 10.0. The van der Waals surface area contributed by atoms with Crippen molar-refractivity contribution in [3.8, 4) is 23.0 Å². The van der Waals surface area contributed by atoms with E-state index in [4.69, 9.17) is 9.47 Å². The van der Waals surface area contributed by atoms with E-state index in [1.807, 2.05) is 0 Å². The van der Waals surface area contributed by atoms with E-state index < -0.39 is 53.3 Å². The largest absolute Gasteiger partial charge is 1.00 e. The molecule has 0 unspecified atom stereocenters. The summed E-state index contributed by atoms with van der Waals surface area (Å²) < 4.78 is 84.1. The first-order chi connectivity index (χ1) is 29.6. The first-order valence-electron chi connectivity index (χ1n) is 20.5. The molecule has 0 saturated carbocycles. The summed E-state index contributed by atoms with van der Waals surface area (Å²) in [5, 5.41) is 35.7. The maximum atomic E-state index is 13.2. The van der Waals surface area contributed by atoms with Gasteiger partial charge in [-0.1, -0.05) is 95.9 Å². The molecular formula is C44H50N4Na2O12S2. The monoisotopic (exact) mass is 936 g/mol. The SMILES string of the molecule is CCCCCCCCCCCCNC(=O)c1cc(OCCOc2ccc(N=Nc3c(S(=O)(=O)[O-])cc4cc(S(=O)(=O)[O-])cc(NC(=O)CC)c4c3O)cc2)c2ccccc2c1O.[Na+].[Na+]. The Bertz CT molecular complexity index is 2650. The van der Waals surface area contributed by atoms with Crippen LogP contribution in [0.25, 0.3) is 21.5 Å². The van der Waals surface area contributed by atoms with Gasteiger partial charge >= 0.3 is 59.1 Å². The molecule has 0 radical (unpaired) electrons. The average molecular weight is 937 g/mol. The summed E-state index contributed by atoms with van der Waals surface area (Å²) in [4.78, 5) is 23.5. The molecule has 0 saturated heterocycles. The second-order valence-electron chi connectivity index (χ2n) is 14.6. The second kappa shape index (κ2) is 25.8. The molecule has 5 aromatic rings. The molecule has 0 spiro atoms. The number of aromatic hydroxyl groups is 2. The number of nitrogens with zero attached hydrogens (tertiary/aromatic N) is 2. The van der Waals surface area contributed by atoms with Gasteiger partial charge in [0, 0.05) is 29.1 Å². The number of rotatable bonds is 23. The number of hydrogen-bond donors (Lipinski definition) is 4. The number of phenolic OH excluding ortho intramolecular Hbond substituents is 2. The summed E-state index contributed by atoms with van der Waals surface area (Å²) in [6.07, 6.45) is 11.7. The molecule has 16 nitrogen and oxygen atoms in total. The Morgan fingerprint density at radius 3 is 1.92 bits per heavy atom. The van der Waals surface area contributed by atoms with Crippen molar-refractivity contribution in [2.24, 2.45) is 10.2 Å². The number of ether oxygens (including phenoxy) is 2. The molecule has 0 atom stereocenters. The topological polar surface area (TPSA) is 256 Å².